The minimum atomic E-state index is -3.21. The van der Waals surface area contributed by atoms with Crippen molar-refractivity contribution in [2.24, 2.45) is 0 Å². The van der Waals surface area contributed by atoms with E-state index in [-0.39, 0.29) is 0 Å². The molecule has 0 unspecified atom stereocenters. The van der Waals surface area contributed by atoms with Gasteiger partial charge in [-0.1, -0.05) is 20.1 Å². The van der Waals surface area contributed by atoms with E-state index in [9.17, 15) is 4.57 Å². The van der Waals surface area contributed by atoms with Gasteiger partial charge in [0.2, 0.25) is 0 Å². The van der Waals surface area contributed by atoms with E-state index in [4.69, 9.17) is 9.05 Å². The van der Waals surface area contributed by atoms with Gasteiger partial charge in [0.25, 0.3) is 0 Å². The van der Waals surface area contributed by atoms with Crippen LogP contribution in [0.3, 0.4) is 0 Å². The fourth-order valence-electron chi connectivity index (χ4n) is 0.943. The van der Waals surface area contributed by atoms with Crippen molar-refractivity contribution in [3.63, 3.8) is 0 Å². The van der Waals surface area contributed by atoms with Crippen LogP contribution in [0.1, 0.15) is 20.8 Å². The van der Waals surface area contributed by atoms with Crippen molar-refractivity contribution in [2.45, 2.75) is 20.8 Å². The van der Waals surface area contributed by atoms with Crippen molar-refractivity contribution in [1.29, 1.82) is 0 Å². The summed E-state index contributed by atoms with van der Waals surface area (Å²) in [5.74, 6) is 0.857. The van der Waals surface area contributed by atoms with Crippen LogP contribution in [-0.2, 0) is 13.6 Å². The maximum absolute atomic E-state index is 12.2. The molecule has 0 rings (SSSR count). The molecule has 0 bridgehead atoms. The normalized spacial score (nSPS) is 11.4. The lowest BCUT2D eigenvalue weighted by Crippen LogP contribution is -1.98. The highest BCUT2D eigenvalue weighted by atomic mass is 32.2. The number of hydrogen-bond acceptors (Lipinski definition) is 4. The Kier molecular flexibility index (Phi) is 7.28. The van der Waals surface area contributed by atoms with Crippen LogP contribution in [0.2, 0.25) is 0 Å². The number of thioether (sulfide) groups is 1. The zero-order chi connectivity index (χ0) is 11.9. The molecule has 88 valence electrons. The minimum Gasteiger partial charge on any atom is -0.305 e. The molecule has 0 N–H and O–H groups in total. The van der Waals surface area contributed by atoms with Gasteiger partial charge in [-0.3, -0.25) is 4.57 Å². The Morgan fingerprint density at radius 1 is 1.20 bits per heavy atom. The average molecular weight is 250 g/mol. The Labute approximate surface area is 96.5 Å². The monoisotopic (exact) mass is 250 g/mol. The van der Waals surface area contributed by atoms with E-state index in [1.807, 2.05) is 6.92 Å². The molecule has 0 saturated carbocycles. The molecule has 0 atom stereocenters. The van der Waals surface area contributed by atoms with E-state index in [1.165, 1.54) is 11.8 Å². The molecular formula is C10H19O3PS. The largest absolute Gasteiger partial charge is 0.361 e. The van der Waals surface area contributed by atoms with E-state index < -0.39 is 7.60 Å². The van der Waals surface area contributed by atoms with Crippen molar-refractivity contribution in [2.75, 3.05) is 19.0 Å². The van der Waals surface area contributed by atoms with Crippen LogP contribution in [-0.4, -0.2) is 19.0 Å². The summed E-state index contributed by atoms with van der Waals surface area (Å²) in [6.45, 7) is 13.8. The molecule has 0 aromatic rings. The van der Waals surface area contributed by atoms with Crippen molar-refractivity contribution in [3.8, 4) is 0 Å². The second-order valence-corrected chi connectivity index (χ2v) is 6.05. The van der Waals surface area contributed by atoms with E-state index >= 15 is 0 Å². The average Bonchev–Trinajstić information content (AvgIpc) is 2.17. The third-order valence-electron chi connectivity index (χ3n) is 1.57. The summed E-state index contributed by atoms with van der Waals surface area (Å²) >= 11 is 1.49. The summed E-state index contributed by atoms with van der Waals surface area (Å²) < 4.78 is 22.5. The van der Waals surface area contributed by atoms with Crippen LogP contribution in [0.5, 0.6) is 0 Å². The molecule has 5 heteroatoms. The fourth-order valence-corrected chi connectivity index (χ4v) is 3.36. The minimum absolute atomic E-state index is 0.334. The highest BCUT2D eigenvalue weighted by Gasteiger charge is 2.29. The van der Waals surface area contributed by atoms with E-state index in [0.717, 1.165) is 5.75 Å². The summed E-state index contributed by atoms with van der Waals surface area (Å²) in [4.78, 5) is 0.669. The maximum Gasteiger partial charge on any atom is 0.361 e. The molecule has 15 heavy (non-hydrogen) atoms. The van der Waals surface area contributed by atoms with Crippen LogP contribution in [0, 0.1) is 0 Å². The lowest BCUT2D eigenvalue weighted by Gasteiger charge is -2.19. The summed E-state index contributed by atoms with van der Waals surface area (Å²) in [6.07, 6.45) is 0. The van der Waals surface area contributed by atoms with Gasteiger partial charge in [0, 0.05) is 4.91 Å². The molecule has 0 radical (unpaired) electrons. The number of rotatable bonds is 8. The van der Waals surface area contributed by atoms with Crippen molar-refractivity contribution < 1.29 is 13.6 Å². The predicted octanol–water partition coefficient (Wildman–Crippen LogP) is 4.03. The summed E-state index contributed by atoms with van der Waals surface area (Å²) in [5, 5.41) is 0.373. The van der Waals surface area contributed by atoms with Gasteiger partial charge in [0.15, 0.2) is 0 Å². The molecule has 0 saturated heterocycles. The predicted molar refractivity (Wildman–Crippen MR) is 67.3 cm³/mol. The molecule has 0 fully saturated rings. The van der Waals surface area contributed by atoms with Crippen LogP contribution < -0.4 is 0 Å². The van der Waals surface area contributed by atoms with Gasteiger partial charge in [-0.2, -0.15) is 0 Å². The molecule has 0 heterocycles. The molecule has 0 aromatic carbocycles. The zero-order valence-corrected chi connectivity index (χ0v) is 11.3. The first-order valence-electron chi connectivity index (χ1n) is 4.92. The zero-order valence-electron chi connectivity index (χ0n) is 9.62. The highest BCUT2D eigenvalue weighted by molar-refractivity contribution is 8.03. The topological polar surface area (TPSA) is 35.5 Å². The lowest BCUT2D eigenvalue weighted by atomic mass is 10.6. The molecule has 3 nitrogen and oxygen atoms in total. The van der Waals surface area contributed by atoms with Gasteiger partial charge in [0.1, 0.15) is 0 Å². The standard InChI is InChI=1S/C10H19O3PS/c1-6-12-14(11,13-7-2)9(4)10(5)15-8-3/h4-8H2,1-3H3. The first-order valence-corrected chi connectivity index (χ1v) is 7.45. The Morgan fingerprint density at radius 3 is 2.00 bits per heavy atom. The number of hydrogen-bond donors (Lipinski definition) is 0. The van der Waals surface area contributed by atoms with E-state index in [2.05, 4.69) is 13.2 Å². The van der Waals surface area contributed by atoms with Crippen LogP contribution in [0.15, 0.2) is 23.4 Å². The third-order valence-corrected chi connectivity index (χ3v) is 4.73. The van der Waals surface area contributed by atoms with Crippen LogP contribution in [0.25, 0.3) is 0 Å². The molecule has 0 spiro atoms. The van der Waals surface area contributed by atoms with Crippen LogP contribution >= 0.6 is 19.4 Å². The second kappa shape index (κ2) is 7.29. The van der Waals surface area contributed by atoms with E-state index in [1.54, 1.807) is 13.8 Å². The third kappa shape index (κ3) is 4.56. The van der Waals surface area contributed by atoms with Crippen molar-refractivity contribution in [1.82, 2.24) is 0 Å². The number of allylic oxidation sites excluding steroid dienone is 1. The molecule has 0 amide bonds. The fraction of sp³-hybridized carbons (Fsp3) is 0.600. The van der Waals surface area contributed by atoms with Gasteiger partial charge in [-0.15, -0.1) is 11.8 Å². The quantitative estimate of drug-likeness (QED) is 0.481. The first-order chi connectivity index (χ1) is 7.01. The SMILES string of the molecule is C=C(SCC)C(=C)P(=O)(OCC)OCC. The summed E-state index contributed by atoms with van der Waals surface area (Å²) in [5.41, 5.74) is 0. The highest BCUT2D eigenvalue weighted by Crippen LogP contribution is 2.59. The van der Waals surface area contributed by atoms with Crippen molar-refractivity contribution in [3.05, 3.63) is 23.4 Å². The molecule has 0 aromatic heterocycles. The summed E-state index contributed by atoms with van der Waals surface area (Å²) in [7, 11) is -3.21. The smallest absolute Gasteiger partial charge is 0.305 e. The Morgan fingerprint density at radius 2 is 1.67 bits per heavy atom. The Bertz CT molecular complexity index is 266. The van der Waals surface area contributed by atoms with Crippen LogP contribution in [0.4, 0.5) is 0 Å². The molecule has 0 aliphatic rings. The Balaban J connectivity index is 4.69. The second-order valence-electron chi connectivity index (χ2n) is 2.64. The Hall–Kier alpha value is -0.0200. The van der Waals surface area contributed by atoms with Gasteiger partial charge in [0.05, 0.1) is 18.5 Å². The van der Waals surface area contributed by atoms with Gasteiger partial charge in [-0.25, -0.2) is 0 Å². The van der Waals surface area contributed by atoms with Gasteiger partial charge in [-0.05, 0) is 19.6 Å². The summed E-state index contributed by atoms with van der Waals surface area (Å²) in [6, 6.07) is 0. The van der Waals surface area contributed by atoms with Gasteiger partial charge < -0.3 is 9.05 Å². The van der Waals surface area contributed by atoms with Gasteiger partial charge >= 0.3 is 7.60 Å². The lowest BCUT2D eigenvalue weighted by molar-refractivity contribution is 0.227. The first kappa shape index (κ1) is 15.0. The van der Waals surface area contributed by atoms with Crippen molar-refractivity contribution >= 4 is 19.4 Å². The molecular weight excluding hydrogens is 231 g/mol. The maximum atomic E-state index is 12.2. The van der Waals surface area contributed by atoms with E-state index in [0.29, 0.717) is 23.4 Å². The molecule has 0 aliphatic heterocycles. The molecule has 0 aliphatic carbocycles.